The van der Waals surface area contributed by atoms with Crippen LogP contribution in [-0.2, 0) is 0 Å². The molecule has 2 aromatic heterocycles. The van der Waals surface area contributed by atoms with Crippen molar-refractivity contribution >= 4 is 27.3 Å². The van der Waals surface area contributed by atoms with Gasteiger partial charge in [-0.05, 0) is 48.7 Å². The highest BCUT2D eigenvalue weighted by Gasteiger charge is 2.28. The van der Waals surface area contributed by atoms with Gasteiger partial charge in [0.1, 0.15) is 5.82 Å². The number of carbonyl (C=O) groups is 1. The first-order chi connectivity index (χ1) is 12.2. The molecule has 1 fully saturated rings. The summed E-state index contributed by atoms with van der Waals surface area (Å²) >= 11 is 1.37. The van der Waals surface area contributed by atoms with Crippen LogP contribution < -0.4 is 0 Å². The molecule has 3 aromatic rings. The first-order valence-corrected chi connectivity index (χ1v) is 9.44. The van der Waals surface area contributed by atoms with Crippen molar-refractivity contribution < 1.29 is 9.18 Å². The highest BCUT2D eigenvalue weighted by atomic mass is 32.1. The molecule has 1 aromatic carbocycles. The number of hydrogen-bond acceptors (Lipinski definition) is 3. The Morgan fingerprint density at radius 3 is 2.80 bits per heavy atom. The first kappa shape index (κ1) is 16.2. The smallest absolute Gasteiger partial charge is 0.264 e. The lowest BCUT2D eigenvalue weighted by Gasteiger charge is -2.30. The molecule has 1 aliphatic heterocycles. The summed E-state index contributed by atoms with van der Waals surface area (Å²) in [6.07, 6.45) is 7.75. The molecular formula is C20H19FN2OS. The number of carbonyl (C=O) groups excluding carboxylic acids is 1. The van der Waals surface area contributed by atoms with Gasteiger partial charge in [0.15, 0.2) is 0 Å². The average molecular weight is 354 g/mol. The number of halogens is 1. The minimum absolute atomic E-state index is 0.00399. The lowest BCUT2D eigenvalue weighted by Crippen LogP contribution is -2.34. The van der Waals surface area contributed by atoms with E-state index in [0.717, 1.165) is 42.5 Å². The number of fused-ring (bicyclic) bond motifs is 1. The van der Waals surface area contributed by atoms with Gasteiger partial charge in [0.2, 0.25) is 0 Å². The van der Waals surface area contributed by atoms with Gasteiger partial charge in [-0.3, -0.25) is 9.78 Å². The largest absolute Gasteiger partial charge is 0.331 e. The van der Waals surface area contributed by atoms with E-state index < -0.39 is 0 Å². The Labute approximate surface area is 150 Å². The lowest BCUT2D eigenvalue weighted by atomic mass is 10.0. The summed E-state index contributed by atoms with van der Waals surface area (Å²) < 4.78 is 14.8. The van der Waals surface area contributed by atoms with Gasteiger partial charge in [0, 0.05) is 29.0 Å². The van der Waals surface area contributed by atoms with Crippen LogP contribution in [0.2, 0.25) is 0 Å². The molecule has 1 amide bonds. The van der Waals surface area contributed by atoms with E-state index in [1.165, 1.54) is 17.4 Å². The van der Waals surface area contributed by atoms with Crippen molar-refractivity contribution in [2.75, 3.05) is 6.54 Å². The van der Waals surface area contributed by atoms with Crippen LogP contribution in [-0.4, -0.2) is 22.3 Å². The number of amides is 1. The second-order valence-electron chi connectivity index (χ2n) is 6.41. The summed E-state index contributed by atoms with van der Waals surface area (Å²) in [6.45, 7) is 0.739. The molecule has 3 heterocycles. The molecule has 0 bridgehead atoms. The topological polar surface area (TPSA) is 33.2 Å². The van der Waals surface area contributed by atoms with E-state index in [1.807, 2.05) is 23.1 Å². The zero-order chi connectivity index (χ0) is 17.2. The number of likely N-dealkylation sites (tertiary alicyclic amines) is 1. The van der Waals surface area contributed by atoms with Gasteiger partial charge in [0.25, 0.3) is 5.91 Å². The molecule has 4 rings (SSSR count). The predicted molar refractivity (Wildman–Crippen MR) is 98.3 cm³/mol. The molecule has 5 heteroatoms. The van der Waals surface area contributed by atoms with E-state index in [0.29, 0.717) is 10.3 Å². The van der Waals surface area contributed by atoms with Crippen LogP contribution >= 0.6 is 11.3 Å². The standard InChI is InChI=1S/C20H19FN2OS/c21-16-5-4-7-18-15(16)13-19(25-18)20(24)23-12-3-1-2-6-17(23)14-8-10-22-11-9-14/h4-5,7-11,13,17H,1-3,6,12H2. The fourth-order valence-electron chi connectivity index (χ4n) is 3.56. The third-order valence-corrected chi connectivity index (χ3v) is 5.91. The number of rotatable bonds is 2. The zero-order valence-electron chi connectivity index (χ0n) is 13.8. The number of benzene rings is 1. The highest BCUT2D eigenvalue weighted by molar-refractivity contribution is 7.20. The number of thiophene rings is 1. The van der Waals surface area contributed by atoms with Gasteiger partial charge in [-0.15, -0.1) is 11.3 Å². The summed E-state index contributed by atoms with van der Waals surface area (Å²) in [5, 5.41) is 0.533. The molecule has 25 heavy (non-hydrogen) atoms. The van der Waals surface area contributed by atoms with Crippen molar-refractivity contribution in [1.82, 2.24) is 9.88 Å². The minimum atomic E-state index is -0.269. The highest BCUT2D eigenvalue weighted by Crippen LogP contribution is 2.34. The van der Waals surface area contributed by atoms with Crippen LogP contribution in [0.1, 0.15) is 47.0 Å². The predicted octanol–water partition coefficient (Wildman–Crippen LogP) is 5.19. The molecule has 0 saturated carbocycles. The molecule has 0 spiro atoms. The fraction of sp³-hybridized carbons (Fsp3) is 0.300. The molecule has 0 N–H and O–H groups in total. The molecule has 1 atom stereocenters. The van der Waals surface area contributed by atoms with E-state index in [4.69, 9.17) is 0 Å². The van der Waals surface area contributed by atoms with Crippen molar-refractivity contribution in [3.8, 4) is 0 Å². The van der Waals surface area contributed by atoms with Crippen molar-refractivity contribution in [3.63, 3.8) is 0 Å². The van der Waals surface area contributed by atoms with Gasteiger partial charge in [-0.1, -0.05) is 18.9 Å². The van der Waals surface area contributed by atoms with Crippen LogP contribution in [0.15, 0.2) is 48.8 Å². The zero-order valence-corrected chi connectivity index (χ0v) is 14.6. The van der Waals surface area contributed by atoms with Crippen molar-refractivity contribution in [2.24, 2.45) is 0 Å². The SMILES string of the molecule is O=C(c1cc2c(F)cccc2s1)N1CCCCCC1c1ccncc1. The van der Waals surface area contributed by atoms with Crippen molar-refractivity contribution in [3.05, 3.63) is 65.0 Å². The second kappa shape index (κ2) is 6.92. The second-order valence-corrected chi connectivity index (χ2v) is 7.49. The van der Waals surface area contributed by atoms with Gasteiger partial charge in [0.05, 0.1) is 10.9 Å². The monoisotopic (exact) mass is 354 g/mol. The Hall–Kier alpha value is -2.27. The number of hydrogen-bond donors (Lipinski definition) is 0. The number of nitrogens with zero attached hydrogens (tertiary/aromatic N) is 2. The van der Waals surface area contributed by atoms with Gasteiger partial charge in [-0.2, -0.15) is 0 Å². The summed E-state index contributed by atoms with van der Waals surface area (Å²) in [4.78, 5) is 19.9. The number of aromatic nitrogens is 1. The summed E-state index contributed by atoms with van der Waals surface area (Å²) in [6, 6.07) is 10.7. The van der Waals surface area contributed by atoms with E-state index in [9.17, 15) is 9.18 Å². The Balaban J connectivity index is 1.71. The maximum atomic E-state index is 14.0. The maximum Gasteiger partial charge on any atom is 0.264 e. The Morgan fingerprint density at radius 1 is 1.16 bits per heavy atom. The average Bonchev–Trinajstić information content (AvgIpc) is 2.93. The van der Waals surface area contributed by atoms with Gasteiger partial charge in [-0.25, -0.2) is 4.39 Å². The van der Waals surface area contributed by atoms with Crippen LogP contribution in [0.4, 0.5) is 4.39 Å². The quantitative estimate of drug-likeness (QED) is 0.634. The third-order valence-electron chi connectivity index (χ3n) is 4.82. The van der Waals surface area contributed by atoms with Crippen LogP contribution in [0.3, 0.4) is 0 Å². The van der Waals surface area contributed by atoms with Crippen molar-refractivity contribution in [2.45, 2.75) is 31.7 Å². The van der Waals surface area contributed by atoms with Gasteiger partial charge >= 0.3 is 0 Å². The molecule has 0 radical (unpaired) electrons. The molecule has 1 aliphatic rings. The van der Waals surface area contributed by atoms with Crippen LogP contribution in [0, 0.1) is 5.82 Å². The fourth-order valence-corrected chi connectivity index (χ4v) is 4.59. The molecule has 128 valence electrons. The summed E-state index contributed by atoms with van der Waals surface area (Å²) in [5.74, 6) is -0.265. The Bertz CT molecular complexity index is 893. The molecule has 3 nitrogen and oxygen atoms in total. The minimum Gasteiger partial charge on any atom is -0.331 e. The van der Waals surface area contributed by atoms with E-state index in [1.54, 1.807) is 24.5 Å². The molecule has 1 saturated heterocycles. The first-order valence-electron chi connectivity index (χ1n) is 8.63. The van der Waals surface area contributed by atoms with Crippen LogP contribution in [0.25, 0.3) is 10.1 Å². The van der Waals surface area contributed by atoms with E-state index in [2.05, 4.69) is 4.98 Å². The Kier molecular flexibility index (Phi) is 4.49. The lowest BCUT2D eigenvalue weighted by molar-refractivity contribution is 0.0686. The normalized spacial score (nSPS) is 18.3. The molecule has 0 aliphatic carbocycles. The maximum absolute atomic E-state index is 14.0. The summed E-state index contributed by atoms with van der Waals surface area (Å²) in [5.41, 5.74) is 1.12. The Morgan fingerprint density at radius 2 is 2.00 bits per heavy atom. The van der Waals surface area contributed by atoms with Crippen molar-refractivity contribution in [1.29, 1.82) is 0 Å². The molecular weight excluding hydrogens is 335 g/mol. The van der Waals surface area contributed by atoms with E-state index >= 15 is 0 Å². The third kappa shape index (κ3) is 3.16. The van der Waals surface area contributed by atoms with E-state index in [-0.39, 0.29) is 17.8 Å². The molecule has 1 unspecified atom stereocenters. The van der Waals surface area contributed by atoms with Gasteiger partial charge < -0.3 is 4.90 Å². The number of pyridine rings is 1. The summed E-state index contributed by atoms with van der Waals surface area (Å²) in [7, 11) is 0. The van der Waals surface area contributed by atoms with Crippen LogP contribution in [0.5, 0.6) is 0 Å².